The fraction of sp³-hybridized carbons (Fsp3) is 0.438. The maximum atomic E-state index is 9.81. The van der Waals surface area contributed by atoms with Crippen molar-refractivity contribution in [3.8, 4) is 18.9 Å². The number of hydrogen-bond acceptors (Lipinski definition) is 3. The van der Waals surface area contributed by atoms with Crippen molar-refractivity contribution in [1.29, 1.82) is 5.26 Å². The molecule has 20 heavy (non-hydrogen) atoms. The van der Waals surface area contributed by atoms with Crippen LogP contribution in [0.5, 0.6) is 0 Å². The summed E-state index contributed by atoms with van der Waals surface area (Å²) in [5, 5.41) is 8.65. The molecule has 0 aliphatic heterocycles. The van der Waals surface area contributed by atoms with Crippen LogP contribution in [0, 0.1) is 24.2 Å². The maximum absolute atomic E-state index is 9.81. The number of terminal acetylenes is 1. The third-order valence-corrected chi connectivity index (χ3v) is 3.65. The van der Waals surface area contributed by atoms with E-state index >= 15 is 0 Å². The molecular weight excluding hydrogens is 268 g/mol. The molecule has 0 amide bonds. The summed E-state index contributed by atoms with van der Waals surface area (Å²) in [5.74, 6) is 0. The molecule has 1 aromatic carbocycles. The summed E-state index contributed by atoms with van der Waals surface area (Å²) in [6.07, 6.45) is 8.00. The number of rotatable bonds is 3. The van der Waals surface area contributed by atoms with Gasteiger partial charge in [0.25, 0.3) is 0 Å². The number of nitrogens with zero attached hydrogens (tertiary/aromatic N) is 1. The van der Waals surface area contributed by atoms with Gasteiger partial charge in [-0.15, -0.1) is 17.6 Å². The molecule has 1 unspecified atom stereocenters. The molecule has 0 aromatic heterocycles. The molecule has 1 atom stereocenters. The van der Waals surface area contributed by atoms with E-state index in [1.165, 1.54) is 0 Å². The fourth-order valence-corrected chi connectivity index (χ4v) is 1.80. The largest absolute Gasteiger partial charge is 0.240 e. The highest BCUT2D eigenvalue weighted by Crippen LogP contribution is 2.14. The number of hydrogen-bond donors (Lipinski definition) is 2. The summed E-state index contributed by atoms with van der Waals surface area (Å²) < 4.78 is 12.7. The van der Waals surface area contributed by atoms with Crippen LogP contribution in [0.2, 0.25) is 0 Å². The molecule has 1 aromatic rings. The van der Waals surface area contributed by atoms with E-state index in [9.17, 15) is 4.55 Å². The summed E-state index contributed by atoms with van der Waals surface area (Å²) in [4.78, 5) is 0. The van der Waals surface area contributed by atoms with Crippen LogP contribution < -0.4 is 4.72 Å². The van der Waals surface area contributed by atoms with Gasteiger partial charge in [-0.3, -0.25) is 0 Å². The highest BCUT2D eigenvalue weighted by atomic mass is 32.2. The van der Waals surface area contributed by atoms with Gasteiger partial charge in [-0.25, -0.2) is 0 Å². The van der Waals surface area contributed by atoms with E-state index in [0.29, 0.717) is 12.1 Å². The first kappa shape index (κ1) is 20.8. The Hall–Kier alpha value is -1.46. The van der Waals surface area contributed by atoms with Crippen LogP contribution in [0.1, 0.15) is 45.7 Å². The first-order valence-electron chi connectivity index (χ1n) is 6.43. The lowest BCUT2D eigenvalue weighted by molar-refractivity contribution is 0.576. The van der Waals surface area contributed by atoms with Crippen LogP contribution in [0.3, 0.4) is 0 Å². The molecule has 0 heterocycles. The normalized spacial score (nSPS) is 10.9. The summed E-state index contributed by atoms with van der Waals surface area (Å²) in [6, 6.07) is 9.43. The number of benzene rings is 1. The average Bonchev–Trinajstić information content (AvgIpc) is 2.48. The van der Waals surface area contributed by atoms with E-state index in [2.05, 4.69) is 23.6 Å². The minimum Gasteiger partial charge on any atom is -0.192 e. The van der Waals surface area contributed by atoms with Crippen LogP contribution in [0.15, 0.2) is 24.3 Å². The Bertz CT molecular complexity index is 413. The van der Waals surface area contributed by atoms with E-state index in [0.717, 1.165) is 5.56 Å². The fourth-order valence-electron chi connectivity index (χ4n) is 1.07. The van der Waals surface area contributed by atoms with Gasteiger partial charge in [0.15, 0.2) is 4.75 Å². The molecule has 0 saturated carbocycles. The Morgan fingerprint density at radius 1 is 1.20 bits per heavy atom. The van der Waals surface area contributed by atoms with Gasteiger partial charge >= 0.3 is 0 Å². The predicted octanol–water partition coefficient (Wildman–Crippen LogP) is 3.73. The first-order valence-corrected chi connectivity index (χ1v) is 7.61. The summed E-state index contributed by atoms with van der Waals surface area (Å²) >= 11 is -0.810. The lowest BCUT2D eigenvalue weighted by Gasteiger charge is -2.13. The summed E-state index contributed by atoms with van der Waals surface area (Å²) in [6.45, 7) is 10.6. The van der Waals surface area contributed by atoms with Gasteiger partial charge in [0.2, 0.25) is 11.4 Å². The molecule has 3 nitrogen and oxygen atoms in total. The van der Waals surface area contributed by atoms with Crippen molar-refractivity contribution < 1.29 is 4.55 Å². The van der Waals surface area contributed by atoms with Crippen LogP contribution in [-0.4, -0.2) is 9.30 Å². The van der Waals surface area contributed by atoms with Crippen LogP contribution in [0.25, 0.3) is 0 Å². The van der Waals surface area contributed by atoms with Crippen molar-refractivity contribution in [2.75, 3.05) is 0 Å². The minimum absolute atomic E-state index is 0.146. The van der Waals surface area contributed by atoms with Crippen molar-refractivity contribution in [1.82, 2.24) is 4.72 Å². The molecule has 0 fully saturated rings. The monoisotopic (exact) mass is 293 g/mol. The van der Waals surface area contributed by atoms with Gasteiger partial charge in [0, 0.05) is 0 Å². The van der Waals surface area contributed by atoms with Gasteiger partial charge in [-0.05, 0) is 38.5 Å². The molecule has 0 aliphatic carbocycles. The van der Waals surface area contributed by atoms with Gasteiger partial charge in [0.05, 0.1) is 18.2 Å². The van der Waals surface area contributed by atoms with Gasteiger partial charge in [-0.2, -0.15) is 9.81 Å². The lowest BCUT2D eigenvalue weighted by Crippen LogP contribution is -2.38. The van der Waals surface area contributed by atoms with Crippen LogP contribution >= 0.6 is 0 Å². The molecule has 2 N–H and O–H groups in total. The van der Waals surface area contributed by atoms with Crippen LogP contribution in [-0.2, 0) is 17.9 Å². The molecule has 0 bridgehead atoms. The Kier molecular flexibility index (Phi) is 11.9. The minimum atomic E-state index is -0.810. The van der Waals surface area contributed by atoms with Gasteiger partial charge in [0.1, 0.15) is 0 Å². The van der Waals surface area contributed by atoms with Crippen molar-refractivity contribution in [3.05, 3.63) is 35.4 Å². The molecule has 0 aliphatic rings. The second kappa shape index (κ2) is 11.4. The van der Waals surface area contributed by atoms with Crippen molar-refractivity contribution >= 4 is 11.4 Å². The Morgan fingerprint density at radius 3 is 2.00 bits per heavy atom. The molecular formula is C16H25N2OS+. The number of nitriles is 1. The first-order chi connectivity index (χ1) is 9.43. The molecule has 0 saturated heterocycles. The lowest BCUT2D eigenvalue weighted by atomic mass is 10.1. The molecule has 0 radical (unpaired) electrons. The Balaban J connectivity index is 0. The zero-order valence-electron chi connectivity index (χ0n) is 13.0. The molecule has 110 valence electrons. The van der Waals surface area contributed by atoms with Crippen LogP contribution in [0.4, 0.5) is 0 Å². The van der Waals surface area contributed by atoms with E-state index < -0.39 is 11.4 Å². The Morgan fingerprint density at radius 2 is 1.65 bits per heavy atom. The van der Waals surface area contributed by atoms with E-state index in [4.69, 9.17) is 5.26 Å². The highest BCUT2D eigenvalue weighted by Gasteiger charge is 2.33. The van der Waals surface area contributed by atoms with Crippen molar-refractivity contribution in [3.63, 3.8) is 0 Å². The Labute approximate surface area is 126 Å². The molecule has 4 heteroatoms. The van der Waals surface area contributed by atoms with Gasteiger partial charge in [-0.1, -0.05) is 26.0 Å². The zero-order chi connectivity index (χ0) is 16.2. The molecule has 1 rings (SSSR count). The van der Waals surface area contributed by atoms with E-state index in [1.54, 1.807) is 12.1 Å². The van der Waals surface area contributed by atoms with E-state index in [1.807, 2.05) is 46.8 Å². The zero-order valence-corrected chi connectivity index (χ0v) is 13.8. The predicted molar refractivity (Wildman–Crippen MR) is 89.0 cm³/mol. The topological polar surface area (TPSA) is 56.0 Å². The number of nitrogens with one attached hydrogen (secondary N) is 1. The maximum Gasteiger partial charge on any atom is 0.240 e. The van der Waals surface area contributed by atoms with E-state index in [-0.39, 0.29) is 4.75 Å². The average molecular weight is 293 g/mol. The third-order valence-electron chi connectivity index (χ3n) is 2.08. The van der Waals surface area contributed by atoms with Crippen molar-refractivity contribution in [2.24, 2.45) is 0 Å². The summed E-state index contributed by atoms with van der Waals surface area (Å²) in [7, 11) is 0. The summed E-state index contributed by atoms with van der Waals surface area (Å²) in [5.41, 5.74) is 1.72. The quantitative estimate of drug-likeness (QED) is 0.659. The smallest absolute Gasteiger partial charge is 0.192 e. The second-order valence-electron chi connectivity index (χ2n) is 4.53. The second-order valence-corrected chi connectivity index (χ2v) is 6.61. The molecule has 0 spiro atoms. The third kappa shape index (κ3) is 8.61. The SMILES string of the molecule is C#C.CC.CC(C)(C)[S+](O)NCc1ccc(C#N)cc1. The van der Waals surface area contributed by atoms with Gasteiger partial charge < -0.3 is 0 Å². The highest BCUT2D eigenvalue weighted by molar-refractivity contribution is 7.90. The standard InChI is InChI=1S/C12H17N2OS.C2H6.C2H2/c1-12(2,3)16(15)14-9-11-6-4-10(8-13)5-7-11;2*1-2/h4-7,14-15H,9H2,1-3H3;1-2H3;1-2H/q+1;;. The van der Waals surface area contributed by atoms with Crippen molar-refractivity contribution in [2.45, 2.75) is 45.9 Å².